The first-order valence-electron chi connectivity index (χ1n) is 7.75. The monoisotopic (exact) mass is 263 g/mol. The maximum absolute atomic E-state index is 4.66. The molecular formula is C16H29N3. The van der Waals surface area contributed by atoms with Gasteiger partial charge in [-0.2, -0.15) is 5.10 Å². The van der Waals surface area contributed by atoms with Gasteiger partial charge >= 0.3 is 0 Å². The average molecular weight is 263 g/mol. The first-order valence-corrected chi connectivity index (χ1v) is 7.75. The Morgan fingerprint density at radius 2 is 1.84 bits per heavy atom. The van der Waals surface area contributed by atoms with E-state index in [-0.39, 0.29) is 5.54 Å². The predicted octanol–water partition coefficient (Wildman–Crippen LogP) is 3.97. The fraction of sp³-hybridized carbons (Fsp3) is 0.812. The maximum Gasteiger partial charge on any atom is 0.0537 e. The number of aromatic nitrogens is 2. The zero-order valence-electron chi connectivity index (χ0n) is 13.0. The molecule has 3 nitrogen and oxygen atoms in total. The highest BCUT2D eigenvalue weighted by Gasteiger charge is 2.18. The van der Waals surface area contributed by atoms with Crippen LogP contribution in [0.5, 0.6) is 0 Å². The first-order chi connectivity index (χ1) is 8.97. The SMILES string of the molecule is Cc1c(CNC(C)(C)C)cnn1C1CCCCCC1. The molecule has 0 aromatic carbocycles. The van der Waals surface area contributed by atoms with Crippen molar-refractivity contribution in [1.82, 2.24) is 15.1 Å². The molecule has 1 saturated carbocycles. The van der Waals surface area contributed by atoms with E-state index in [4.69, 9.17) is 0 Å². The summed E-state index contributed by atoms with van der Waals surface area (Å²) in [7, 11) is 0. The van der Waals surface area contributed by atoms with Gasteiger partial charge in [0.1, 0.15) is 0 Å². The van der Waals surface area contributed by atoms with Crippen LogP contribution >= 0.6 is 0 Å². The highest BCUT2D eigenvalue weighted by molar-refractivity contribution is 5.17. The molecule has 3 heteroatoms. The third-order valence-corrected chi connectivity index (χ3v) is 4.13. The Hall–Kier alpha value is -0.830. The standard InChI is InChI=1S/C16H29N3/c1-13-14(11-17-16(2,3)4)12-18-19(13)15-9-7-5-6-8-10-15/h12,15,17H,5-11H2,1-4H3. The molecule has 0 spiro atoms. The van der Waals surface area contributed by atoms with Gasteiger partial charge in [0.15, 0.2) is 0 Å². The zero-order chi connectivity index (χ0) is 13.9. The molecule has 1 aliphatic carbocycles. The minimum absolute atomic E-state index is 0.164. The average Bonchev–Trinajstić information content (AvgIpc) is 2.54. The molecule has 1 aromatic heterocycles. The quantitative estimate of drug-likeness (QED) is 0.836. The first kappa shape index (κ1) is 14.6. The topological polar surface area (TPSA) is 29.9 Å². The second-order valence-corrected chi connectivity index (χ2v) is 6.95. The van der Waals surface area contributed by atoms with Crippen molar-refractivity contribution in [1.29, 1.82) is 0 Å². The number of hydrogen-bond donors (Lipinski definition) is 1. The number of rotatable bonds is 3. The smallest absolute Gasteiger partial charge is 0.0537 e. The van der Waals surface area contributed by atoms with Crippen molar-refractivity contribution in [2.75, 3.05) is 0 Å². The Bertz CT molecular complexity index is 393. The van der Waals surface area contributed by atoms with Crippen LogP contribution in [0, 0.1) is 6.92 Å². The van der Waals surface area contributed by atoms with Crippen molar-refractivity contribution in [3.63, 3.8) is 0 Å². The molecule has 0 unspecified atom stereocenters. The summed E-state index contributed by atoms with van der Waals surface area (Å²) >= 11 is 0. The van der Waals surface area contributed by atoms with E-state index in [0.29, 0.717) is 6.04 Å². The second-order valence-electron chi connectivity index (χ2n) is 6.95. The molecule has 1 fully saturated rings. The van der Waals surface area contributed by atoms with Crippen molar-refractivity contribution in [3.8, 4) is 0 Å². The lowest BCUT2D eigenvalue weighted by Gasteiger charge is -2.21. The summed E-state index contributed by atoms with van der Waals surface area (Å²) in [6.07, 6.45) is 10.2. The van der Waals surface area contributed by atoms with Crippen LogP contribution in [0.2, 0.25) is 0 Å². The molecular weight excluding hydrogens is 234 g/mol. The van der Waals surface area contributed by atoms with Crippen LogP contribution in [0.3, 0.4) is 0 Å². The van der Waals surface area contributed by atoms with Crippen molar-refractivity contribution < 1.29 is 0 Å². The fourth-order valence-corrected chi connectivity index (χ4v) is 2.86. The Balaban J connectivity index is 2.04. The van der Waals surface area contributed by atoms with Gasteiger partial charge in [0.05, 0.1) is 12.2 Å². The van der Waals surface area contributed by atoms with Crippen molar-refractivity contribution in [2.24, 2.45) is 0 Å². The third kappa shape index (κ3) is 4.07. The molecule has 0 bridgehead atoms. The molecule has 19 heavy (non-hydrogen) atoms. The van der Waals surface area contributed by atoms with Crippen LogP contribution in [-0.4, -0.2) is 15.3 Å². The number of nitrogens with one attached hydrogen (secondary N) is 1. The molecule has 1 N–H and O–H groups in total. The second kappa shape index (κ2) is 6.08. The van der Waals surface area contributed by atoms with Crippen LogP contribution in [0.1, 0.15) is 76.6 Å². The van der Waals surface area contributed by atoms with E-state index in [0.717, 1.165) is 6.54 Å². The normalized spacial score (nSPS) is 18.5. The van der Waals surface area contributed by atoms with Gasteiger partial charge in [-0.25, -0.2) is 0 Å². The van der Waals surface area contributed by atoms with Gasteiger partial charge in [-0.15, -0.1) is 0 Å². The van der Waals surface area contributed by atoms with Crippen LogP contribution in [-0.2, 0) is 6.54 Å². The van der Waals surface area contributed by atoms with Gasteiger partial charge in [0.25, 0.3) is 0 Å². The summed E-state index contributed by atoms with van der Waals surface area (Å²) in [6, 6.07) is 0.630. The summed E-state index contributed by atoms with van der Waals surface area (Å²) < 4.78 is 2.28. The largest absolute Gasteiger partial charge is 0.308 e. The lowest BCUT2D eigenvalue weighted by atomic mass is 10.1. The summed E-state index contributed by atoms with van der Waals surface area (Å²) in [4.78, 5) is 0. The van der Waals surface area contributed by atoms with E-state index < -0.39 is 0 Å². The van der Waals surface area contributed by atoms with Crippen molar-refractivity contribution >= 4 is 0 Å². The van der Waals surface area contributed by atoms with Crippen LogP contribution in [0.15, 0.2) is 6.20 Å². The molecule has 108 valence electrons. The van der Waals surface area contributed by atoms with Gasteiger partial charge < -0.3 is 5.32 Å². The molecule has 0 atom stereocenters. The summed E-state index contributed by atoms with van der Waals surface area (Å²) in [5.74, 6) is 0. The maximum atomic E-state index is 4.66. The summed E-state index contributed by atoms with van der Waals surface area (Å²) in [6.45, 7) is 9.76. The van der Waals surface area contributed by atoms with E-state index in [1.54, 1.807) is 0 Å². The predicted molar refractivity (Wildman–Crippen MR) is 80.3 cm³/mol. The van der Waals surface area contributed by atoms with E-state index in [1.807, 2.05) is 0 Å². The van der Waals surface area contributed by atoms with Crippen LogP contribution in [0.4, 0.5) is 0 Å². The van der Waals surface area contributed by atoms with Gasteiger partial charge in [0, 0.05) is 23.3 Å². The van der Waals surface area contributed by atoms with Crippen LogP contribution in [0.25, 0.3) is 0 Å². The molecule has 0 saturated heterocycles. The minimum atomic E-state index is 0.164. The minimum Gasteiger partial charge on any atom is -0.308 e. The van der Waals surface area contributed by atoms with Crippen LogP contribution < -0.4 is 5.32 Å². The molecule has 0 radical (unpaired) electrons. The molecule has 1 aromatic rings. The Morgan fingerprint density at radius 3 is 2.42 bits per heavy atom. The Labute approximate surface area is 117 Å². The van der Waals surface area contributed by atoms with E-state index in [2.05, 4.69) is 49.0 Å². The lowest BCUT2D eigenvalue weighted by Crippen LogP contribution is -2.35. The molecule has 0 aliphatic heterocycles. The molecule has 1 aliphatic rings. The summed E-state index contributed by atoms with van der Waals surface area (Å²) in [5, 5.41) is 8.21. The van der Waals surface area contributed by atoms with E-state index >= 15 is 0 Å². The molecule has 2 rings (SSSR count). The van der Waals surface area contributed by atoms with Gasteiger partial charge in [-0.05, 0) is 40.5 Å². The Morgan fingerprint density at radius 1 is 1.21 bits per heavy atom. The van der Waals surface area contributed by atoms with E-state index in [1.165, 1.54) is 49.8 Å². The Kier molecular flexibility index (Phi) is 4.67. The highest BCUT2D eigenvalue weighted by Crippen LogP contribution is 2.28. The van der Waals surface area contributed by atoms with Crippen molar-refractivity contribution in [2.45, 2.75) is 84.3 Å². The number of nitrogens with zero attached hydrogens (tertiary/aromatic N) is 2. The highest BCUT2D eigenvalue weighted by atomic mass is 15.3. The fourth-order valence-electron chi connectivity index (χ4n) is 2.86. The summed E-state index contributed by atoms with van der Waals surface area (Å²) in [5.41, 5.74) is 2.86. The van der Waals surface area contributed by atoms with E-state index in [9.17, 15) is 0 Å². The van der Waals surface area contributed by atoms with Crippen molar-refractivity contribution in [3.05, 3.63) is 17.5 Å². The van der Waals surface area contributed by atoms with Gasteiger partial charge in [0.2, 0.25) is 0 Å². The zero-order valence-corrected chi connectivity index (χ0v) is 13.0. The lowest BCUT2D eigenvalue weighted by molar-refractivity contribution is 0.395. The molecule has 1 heterocycles. The third-order valence-electron chi connectivity index (χ3n) is 4.13. The number of hydrogen-bond acceptors (Lipinski definition) is 2. The van der Waals surface area contributed by atoms with Gasteiger partial charge in [-0.1, -0.05) is 25.7 Å². The molecule has 0 amide bonds. The van der Waals surface area contributed by atoms with Gasteiger partial charge in [-0.3, -0.25) is 4.68 Å².